The molecule has 2 bridgehead atoms. The van der Waals surface area contributed by atoms with Crippen molar-refractivity contribution >= 4 is 22.4 Å². The van der Waals surface area contributed by atoms with Gasteiger partial charge in [-0.3, -0.25) is 0 Å². The zero-order valence-electron chi connectivity index (χ0n) is 10.6. The fourth-order valence-electron chi connectivity index (χ4n) is 2.50. The SMILES string of the molecule is NOS(=O)(=O)ON1C(=O)N2C[C@H]1CC[C@H]2c1noc(N)n1. The highest BCUT2D eigenvalue weighted by Crippen LogP contribution is 2.37. The second kappa shape index (κ2) is 4.80. The molecule has 1 aromatic rings. The zero-order chi connectivity index (χ0) is 15.2. The molecule has 2 atom stereocenters. The summed E-state index contributed by atoms with van der Waals surface area (Å²) in [4.78, 5) is 17.5. The highest BCUT2D eigenvalue weighted by atomic mass is 32.3. The van der Waals surface area contributed by atoms with E-state index in [0.717, 1.165) is 5.06 Å². The van der Waals surface area contributed by atoms with Crippen LogP contribution < -0.4 is 11.6 Å². The van der Waals surface area contributed by atoms with E-state index in [9.17, 15) is 13.2 Å². The Hall–Kier alpha value is -1.96. The van der Waals surface area contributed by atoms with Crippen LogP contribution in [0.15, 0.2) is 4.52 Å². The lowest BCUT2D eigenvalue weighted by atomic mass is 10.0. The van der Waals surface area contributed by atoms with Gasteiger partial charge < -0.3 is 15.2 Å². The summed E-state index contributed by atoms with van der Waals surface area (Å²) in [5, 5.41) is 4.41. The number of rotatable bonds is 4. The van der Waals surface area contributed by atoms with E-state index in [2.05, 4.69) is 29.1 Å². The van der Waals surface area contributed by atoms with Crippen molar-refractivity contribution in [3.63, 3.8) is 0 Å². The number of nitrogens with two attached hydrogens (primary N) is 2. The van der Waals surface area contributed by atoms with Crippen LogP contribution in [0.5, 0.6) is 0 Å². The predicted molar refractivity (Wildman–Crippen MR) is 63.7 cm³/mol. The maximum absolute atomic E-state index is 12.2. The van der Waals surface area contributed by atoms with Crippen LogP contribution in [0.4, 0.5) is 10.8 Å². The quantitative estimate of drug-likeness (QED) is 0.633. The molecule has 0 aliphatic carbocycles. The summed E-state index contributed by atoms with van der Waals surface area (Å²) in [5.74, 6) is 4.84. The van der Waals surface area contributed by atoms with Crippen LogP contribution in [-0.2, 0) is 19.0 Å². The first-order chi connectivity index (χ1) is 9.91. The smallest absolute Gasteiger partial charge is 0.351 e. The van der Waals surface area contributed by atoms with Crippen molar-refractivity contribution < 1.29 is 26.3 Å². The summed E-state index contributed by atoms with van der Waals surface area (Å²) < 4.78 is 35.3. The maximum atomic E-state index is 12.2. The van der Waals surface area contributed by atoms with Crippen LogP contribution in [-0.4, -0.2) is 47.1 Å². The van der Waals surface area contributed by atoms with Gasteiger partial charge in [-0.15, -0.1) is 4.28 Å². The van der Waals surface area contributed by atoms with Gasteiger partial charge in [0.15, 0.2) is 5.82 Å². The molecule has 2 amide bonds. The van der Waals surface area contributed by atoms with E-state index >= 15 is 0 Å². The number of amides is 2. The average Bonchev–Trinajstić information content (AvgIpc) is 2.98. The average molecular weight is 320 g/mol. The van der Waals surface area contributed by atoms with E-state index in [0.29, 0.717) is 12.8 Å². The van der Waals surface area contributed by atoms with Crippen LogP contribution in [0.1, 0.15) is 24.7 Å². The Kier molecular flexibility index (Phi) is 3.20. The van der Waals surface area contributed by atoms with Gasteiger partial charge in [-0.05, 0) is 12.8 Å². The molecule has 2 aliphatic heterocycles. The molecule has 2 aliphatic rings. The van der Waals surface area contributed by atoms with E-state index in [1.165, 1.54) is 4.90 Å². The molecule has 0 unspecified atom stereocenters. The third-order valence-electron chi connectivity index (χ3n) is 3.37. The normalized spacial score (nSPS) is 25.7. The van der Waals surface area contributed by atoms with Crippen molar-refractivity contribution in [1.82, 2.24) is 20.1 Å². The Bertz CT molecular complexity index is 660. The van der Waals surface area contributed by atoms with Crippen LogP contribution >= 0.6 is 0 Å². The predicted octanol–water partition coefficient (Wildman–Crippen LogP) is -1.34. The number of urea groups is 1. The number of carbonyl (C=O) groups excluding carboxylic acids is 1. The van der Waals surface area contributed by atoms with E-state index < -0.39 is 28.5 Å². The lowest BCUT2D eigenvalue weighted by Crippen LogP contribution is -2.36. The van der Waals surface area contributed by atoms with E-state index in [1.807, 2.05) is 0 Å². The van der Waals surface area contributed by atoms with Gasteiger partial charge in [0.25, 0.3) is 0 Å². The third kappa shape index (κ3) is 2.39. The minimum Gasteiger partial charge on any atom is -0.351 e. The number of hydroxylamine groups is 2. The number of aromatic nitrogens is 2. The van der Waals surface area contributed by atoms with Crippen molar-refractivity contribution in [3.05, 3.63) is 5.82 Å². The van der Waals surface area contributed by atoms with E-state index in [4.69, 9.17) is 5.73 Å². The molecule has 12 nitrogen and oxygen atoms in total. The highest BCUT2D eigenvalue weighted by Gasteiger charge is 2.49. The number of fused-ring (bicyclic) bond motifs is 2. The van der Waals surface area contributed by atoms with Crippen molar-refractivity contribution in [2.75, 3.05) is 12.3 Å². The summed E-state index contributed by atoms with van der Waals surface area (Å²) in [7, 11) is -4.47. The standard InChI is InChI=1S/C8H12N6O6S/c9-7-11-6(12-18-7)5-2-1-4-3-13(5)8(15)14(4)20-21(16,17)19-10/h4-5H,1-3,10H2,(H2,9,11,12)/t4-,5+/m1/s1. The van der Waals surface area contributed by atoms with Gasteiger partial charge in [0.05, 0.1) is 12.1 Å². The van der Waals surface area contributed by atoms with Crippen molar-refractivity contribution in [3.8, 4) is 0 Å². The van der Waals surface area contributed by atoms with Crippen molar-refractivity contribution in [1.29, 1.82) is 0 Å². The molecule has 2 saturated heterocycles. The topological polar surface area (TPSA) is 167 Å². The Balaban J connectivity index is 1.82. The molecule has 3 rings (SSSR count). The first-order valence-corrected chi connectivity index (χ1v) is 7.26. The molecule has 0 saturated carbocycles. The molecule has 13 heteroatoms. The Morgan fingerprint density at radius 2 is 2.14 bits per heavy atom. The van der Waals surface area contributed by atoms with Crippen LogP contribution in [0.3, 0.4) is 0 Å². The third-order valence-corrected chi connectivity index (χ3v) is 3.95. The number of hydrogen-bond acceptors (Lipinski definition) is 10. The van der Waals surface area contributed by atoms with E-state index in [1.54, 1.807) is 0 Å². The lowest BCUT2D eigenvalue weighted by molar-refractivity contribution is -0.0366. The summed E-state index contributed by atoms with van der Waals surface area (Å²) in [6.45, 7) is 0.262. The largest absolute Gasteiger partial charge is 0.437 e. The molecule has 0 spiro atoms. The van der Waals surface area contributed by atoms with Crippen molar-refractivity contribution in [2.45, 2.75) is 24.9 Å². The number of hydrogen-bond donors (Lipinski definition) is 2. The molecule has 2 fully saturated rings. The molecule has 116 valence electrons. The molecular weight excluding hydrogens is 308 g/mol. The van der Waals surface area contributed by atoms with Gasteiger partial charge in [-0.1, -0.05) is 5.16 Å². The van der Waals surface area contributed by atoms with Crippen LogP contribution in [0, 0.1) is 0 Å². The second-order valence-corrected chi connectivity index (χ2v) is 5.74. The van der Waals surface area contributed by atoms with Gasteiger partial charge in [-0.25, -0.2) is 4.79 Å². The van der Waals surface area contributed by atoms with Crippen LogP contribution in [0.25, 0.3) is 0 Å². The van der Waals surface area contributed by atoms with Gasteiger partial charge in [0.1, 0.15) is 0 Å². The first kappa shape index (κ1) is 14.0. The Morgan fingerprint density at radius 1 is 1.38 bits per heavy atom. The molecule has 1 aromatic heterocycles. The summed E-state index contributed by atoms with van der Waals surface area (Å²) in [6.07, 6.45) is 1.00. The van der Waals surface area contributed by atoms with Gasteiger partial charge in [0.2, 0.25) is 0 Å². The minimum atomic E-state index is -4.47. The second-order valence-electron chi connectivity index (χ2n) is 4.58. The molecule has 0 aromatic carbocycles. The summed E-state index contributed by atoms with van der Waals surface area (Å²) in [6, 6.07) is -1.63. The molecule has 4 N–H and O–H groups in total. The van der Waals surface area contributed by atoms with Gasteiger partial charge >= 0.3 is 22.4 Å². The lowest BCUT2D eigenvalue weighted by Gasteiger charge is -2.27. The molecular formula is C8H12N6O6S. The monoisotopic (exact) mass is 320 g/mol. The number of piperidine rings is 1. The van der Waals surface area contributed by atoms with Gasteiger partial charge in [0, 0.05) is 6.54 Å². The summed E-state index contributed by atoms with van der Waals surface area (Å²) in [5.41, 5.74) is 5.36. The molecule has 21 heavy (non-hydrogen) atoms. The molecule has 3 heterocycles. The highest BCUT2D eigenvalue weighted by molar-refractivity contribution is 7.81. The number of nitrogens with zero attached hydrogens (tertiary/aromatic N) is 4. The van der Waals surface area contributed by atoms with Crippen LogP contribution in [0.2, 0.25) is 0 Å². The van der Waals surface area contributed by atoms with E-state index in [-0.39, 0.29) is 18.4 Å². The fraction of sp³-hybridized carbons (Fsp3) is 0.625. The van der Waals surface area contributed by atoms with Crippen molar-refractivity contribution in [2.24, 2.45) is 5.90 Å². The zero-order valence-corrected chi connectivity index (χ0v) is 11.4. The maximum Gasteiger partial charge on any atom is 0.437 e. The number of nitrogen functional groups attached to an aromatic ring is 1. The Labute approximate surface area is 118 Å². The number of carbonyl (C=O) groups is 1. The molecule has 0 radical (unpaired) electrons. The van der Waals surface area contributed by atoms with Gasteiger partial charge in [-0.2, -0.15) is 28.6 Å². The summed E-state index contributed by atoms with van der Waals surface area (Å²) >= 11 is 0. The minimum absolute atomic E-state index is 0.106. The first-order valence-electron chi connectivity index (χ1n) is 5.93. The fourth-order valence-corrected chi connectivity index (χ4v) is 2.91. The Morgan fingerprint density at radius 3 is 2.76 bits per heavy atom. The number of anilines is 1.